The first-order valence-electron chi connectivity index (χ1n) is 7.19. The fraction of sp³-hybridized carbons (Fsp3) is 0.929. The Kier molecular flexibility index (Phi) is 2.89. The highest BCUT2D eigenvalue weighted by atomic mass is 16.1. The molecule has 17 heavy (non-hydrogen) atoms. The van der Waals surface area contributed by atoms with E-state index in [1.807, 2.05) is 0 Å². The van der Waals surface area contributed by atoms with E-state index < -0.39 is 0 Å². The summed E-state index contributed by atoms with van der Waals surface area (Å²) in [6.45, 7) is 5.03. The zero-order valence-corrected chi connectivity index (χ0v) is 10.9. The highest BCUT2D eigenvalue weighted by Gasteiger charge is 2.65. The lowest BCUT2D eigenvalue weighted by molar-refractivity contribution is -0.121. The number of amides is 1. The molecule has 0 radical (unpaired) electrons. The molecule has 0 spiro atoms. The van der Waals surface area contributed by atoms with Gasteiger partial charge in [-0.25, -0.2) is 0 Å². The smallest absolute Gasteiger partial charge is 0.221 e. The number of nitrogens with one attached hydrogen (secondary N) is 2. The van der Waals surface area contributed by atoms with Crippen LogP contribution in [0.3, 0.4) is 0 Å². The Morgan fingerprint density at radius 3 is 2.47 bits per heavy atom. The summed E-state index contributed by atoms with van der Waals surface area (Å²) in [5, 5.41) is 6.54. The molecule has 3 nitrogen and oxygen atoms in total. The highest BCUT2D eigenvalue weighted by molar-refractivity contribution is 5.77. The van der Waals surface area contributed by atoms with Gasteiger partial charge in [-0.05, 0) is 42.9 Å². The number of rotatable bonds is 5. The van der Waals surface area contributed by atoms with Gasteiger partial charge >= 0.3 is 0 Å². The molecule has 3 fully saturated rings. The van der Waals surface area contributed by atoms with E-state index in [0.29, 0.717) is 18.5 Å². The van der Waals surface area contributed by atoms with Crippen molar-refractivity contribution in [1.29, 1.82) is 0 Å². The van der Waals surface area contributed by atoms with Crippen molar-refractivity contribution >= 4 is 5.91 Å². The van der Waals surface area contributed by atoms with Gasteiger partial charge in [-0.15, -0.1) is 0 Å². The van der Waals surface area contributed by atoms with Gasteiger partial charge in [-0.2, -0.15) is 0 Å². The molecule has 3 heteroatoms. The second-order valence-corrected chi connectivity index (χ2v) is 6.44. The van der Waals surface area contributed by atoms with Crippen LogP contribution in [0.4, 0.5) is 0 Å². The van der Waals surface area contributed by atoms with E-state index in [-0.39, 0.29) is 5.91 Å². The van der Waals surface area contributed by atoms with Gasteiger partial charge in [-0.1, -0.05) is 13.8 Å². The zero-order chi connectivity index (χ0) is 12.0. The third-order valence-electron chi connectivity index (χ3n) is 4.97. The second kappa shape index (κ2) is 4.27. The van der Waals surface area contributed by atoms with Gasteiger partial charge in [0.2, 0.25) is 5.91 Å². The molecule has 3 aliphatic carbocycles. The molecule has 3 saturated carbocycles. The largest absolute Gasteiger partial charge is 0.353 e. The third kappa shape index (κ3) is 2.10. The van der Waals surface area contributed by atoms with Gasteiger partial charge in [0.1, 0.15) is 0 Å². The summed E-state index contributed by atoms with van der Waals surface area (Å²) in [7, 11) is 0. The van der Waals surface area contributed by atoms with Crippen LogP contribution in [-0.2, 0) is 4.79 Å². The molecule has 0 saturated heterocycles. The lowest BCUT2D eigenvalue weighted by Crippen LogP contribution is -2.33. The number of hydrogen-bond acceptors (Lipinski definition) is 2. The first-order chi connectivity index (χ1) is 8.16. The maximum Gasteiger partial charge on any atom is 0.221 e. The monoisotopic (exact) mass is 236 g/mol. The van der Waals surface area contributed by atoms with E-state index in [4.69, 9.17) is 0 Å². The normalized spacial score (nSPS) is 41.7. The maximum atomic E-state index is 11.8. The number of carbonyl (C=O) groups is 1. The molecule has 0 aliphatic heterocycles. The molecule has 0 heterocycles. The molecule has 4 unspecified atom stereocenters. The lowest BCUT2D eigenvalue weighted by atomic mass is 10.0. The van der Waals surface area contributed by atoms with Gasteiger partial charge in [-0.3, -0.25) is 4.79 Å². The number of carbonyl (C=O) groups excluding carboxylic acids is 1. The molecule has 0 aromatic heterocycles. The molecule has 96 valence electrons. The van der Waals surface area contributed by atoms with E-state index >= 15 is 0 Å². The first kappa shape index (κ1) is 11.5. The Bertz CT molecular complexity index is 299. The van der Waals surface area contributed by atoms with Crippen LogP contribution in [0, 0.1) is 23.7 Å². The Morgan fingerprint density at radius 2 is 1.88 bits per heavy atom. The predicted molar refractivity (Wildman–Crippen MR) is 67.5 cm³/mol. The minimum absolute atomic E-state index is 0.247. The minimum atomic E-state index is 0.247. The maximum absolute atomic E-state index is 11.8. The Balaban J connectivity index is 1.39. The quantitative estimate of drug-likeness (QED) is 0.760. The summed E-state index contributed by atoms with van der Waals surface area (Å²) >= 11 is 0. The van der Waals surface area contributed by atoms with Crippen molar-refractivity contribution in [2.45, 2.75) is 51.6 Å². The van der Waals surface area contributed by atoms with Crippen molar-refractivity contribution in [2.75, 3.05) is 6.54 Å². The Labute approximate surface area is 104 Å². The van der Waals surface area contributed by atoms with E-state index in [0.717, 1.165) is 30.2 Å². The van der Waals surface area contributed by atoms with Crippen molar-refractivity contribution in [1.82, 2.24) is 10.6 Å². The van der Waals surface area contributed by atoms with Gasteiger partial charge < -0.3 is 10.6 Å². The van der Waals surface area contributed by atoms with E-state index in [1.54, 1.807) is 0 Å². The van der Waals surface area contributed by atoms with Gasteiger partial charge in [0, 0.05) is 25.0 Å². The van der Waals surface area contributed by atoms with Crippen LogP contribution in [0.1, 0.15) is 39.5 Å². The topological polar surface area (TPSA) is 41.1 Å². The van der Waals surface area contributed by atoms with Crippen LogP contribution < -0.4 is 10.6 Å². The second-order valence-electron chi connectivity index (χ2n) is 6.44. The molecule has 2 N–H and O–H groups in total. The van der Waals surface area contributed by atoms with Crippen LogP contribution in [0.2, 0.25) is 0 Å². The molecule has 3 rings (SSSR count). The van der Waals surface area contributed by atoms with E-state index in [1.165, 1.54) is 19.3 Å². The standard InChI is InChI=1S/C14H24N2O/c1-8(2)15-6-5-11(17)16-14-12-9-3-4-10(7-9)13(12)14/h8-10,12-15H,3-7H2,1-2H3,(H,16,17). The molecule has 1 amide bonds. The fourth-order valence-electron chi connectivity index (χ4n) is 4.25. The zero-order valence-electron chi connectivity index (χ0n) is 10.9. The van der Waals surface area contributed by atoms with Crippen LogP contribution in [0.5, 0.6) is 0 Å². The third-order valence-corrected chi connectivity index (χ3v) is 4.97. The molecular weight excluding hydrogens is 212 g/mol. The van der Waals surface area contributed by atoms with Gasteiger partial charge in [0.15, 0.2) is 0 Å². The van der Waals surface area contributed by atoms with Crippen molar-refractivity contribution in [2.24, 2.45) is 23.7 Å². The summed E-state index contributed by atoms with van der Waals surface area (Å²) in [6.07, 6.45) is 4.93. The predicted octanol–water partition coefficient (Wildman–Crippen LogP) is 1.54. The Morgan fingerprint density at radius 1 is 1.24 bits per heavy atom. The van der Waals surface area contributed by atoms with Crippen LogP contribution >= 0.6 is 0 Å². The van der Waals surface area contributed by atoms with Crippen molar-refractivity contribution in [3.63, 3.8) is 0 Å². The average Bonchev–Trinajstić information content (AvgIpc) is 2.70. The summed E-state index contributed by atoms with van der Waals surface area (Å²) < 4.78 is 0. The van der Waals surface area contributed by atoms with Gasteiger partial charge in [0.05, 0.1) is 0 Å². The van der Waals surface area contributed by atoms with Crippen molar-refractivity contribution < 1.29 is 4.79 Å². The summed E-state index contributed by atoms with van der Waals surface area (Å²) in [5.41, 5.74) is 0. The average molecular weight is 236 g/mol. The van der Waals surface area contributed by atoms with Crippen LogP contribution in [0.25, 0.3) is 0 Å². The van der Waals surface area contributed by atoms with Crippen LogP contribution in [-0.4, -0.2) is 24.5 Å². The van der Waals surface area contributed by atoms with Crippen molar-refractivity contribution in [3.05, 3.63) is 0 Å². The molecule has 2 bridgehead atoms. The van der Waals surface area contributed by atoms with E-state index in [9.17, 15) is 4.79 Å². The summed E-state index contributed by atoms with van der Waals surface area (Å²) in [5.74, 6) is 3.86. The van der Waals surface area contributed by atoms with Crippen molar-refractivity contribution in [3.8, 4) is 0 Å². The summed E-state index contributed by atoms with van der Waals surface area (Å²) in [4.78, 5) is 11.8. The Hall–Kier alpha value is -0.570. The number of hydrogen-bond donors (Lipinski definition) is 2. The lowest BCUT2D eigenvalue weighted by Gasteiger charge is -2.11. The highest BCUT2D eigenvalue weighted by Crippen LogP contribution is 2.65. The minimum Gasteiger partial charge on any atom is -0.353 e. The summed E-state index contributed by atoms with van der Waals surface area (Å²) in [6, 6.07) is 1.02. The molecule has 0 aromatic carbocycles. The van der Waals surface area contributed by atoms with Gasteiger partial charge in [0.25, 0.3) is 0 Å². The molecule has 4 atom stereocenters. The van der Waals surface area contributed by atoms with E-state index in [2.05, 4.69) is 24.5 Å². The fourth-order valence-corrected chi connectivity index (χ4v) is 4.25. The van der Waals surface area contributed by atoms with Crippen LogP contribution in [0.15, 0.2) is 0 Å². The molecule has 3 aliphatic rings. The SMILES string of the molecule is CC(C)NCCC(=O)NC1C2C3CCC(C3)C12. The molecular formula is C14H24N2O. The number of fused-ring (bicyclic) bond motifs is 5. The molecule has 0 aromatic rings. The first-order valence-corrected chi connectivity index (χ1v) is 7.19.